The van der Waals surface area contributed by atoms with E-state index in [0.717, 1.165) is 24.2 Å². The Bertz CT molecular complexity index is 304. The number of fused-ring (bicyclic) bond motifs is 1. The van der Waals surface area contributed by atoms with Crippen LogP contribution in [0.3, 0.4) is 0 Å². The summed E-state index contributed by atoms with van der Waals surface area (Å²) < 4.78 is 0. The molecule has 0 amide bonds. The molecule has 0 atom stereocenters. The fraction of sp³-hybridized carbons (Fsp3) is 0.375. The molecule has 1 aromatic rings. The molecule has 0 fully saturated rings. The first-order valence-corrected chi connectivity index (χ1v) is 3.75. The van der Waals surface area contributed by atoms with E-state index in [4.69, 9.17) is 0 Å². The maximum absolute atomic E-state index is 4.36. The minimum Gasteiger partial charge on any atom is -0.254 e. The van der Waals surface area contributed by atoms with Gasteiger partial charge in [0.15, 0.2) is 0 Å². The van der Waals surface area contributed by atoms with Gasteiger partial charge in [0.05, 0.1) is 11.9 Å². The molecule has 3 nitrogen and oxygen atoms in total. The summed E-state index contributed by atoms with van der Waals surface area (Å²) in [5.41, 5.74) is 3.22. The lowest BCUT2D eigenvalue weighted by molar-refractivity contribution is 1.08. The zero-order valence-electron chi connectivity index (χ0n) is 6.41. The number of hydrogen-bond donors (Lipinski definition) is 0. The second-order valence-electron chi connectivity index (χ2n) is 2.56. The lowest BCUT2D eigenvalue weighted by Gasteiger charge is -1.90. The molecule has 0 aromatic carbocycles. The number of aromatic nitrogens is 2. The van der Waals surface area contributed by atoms with Crippen LogP contribution in [-0.2, 0) is 6.42 Å². The van der Waals surface area contributed by atoms with E-state index in [1.165, 1.54) is 5.71 Å². The van der Waals surface area contributed by atoms with Gasteiger partial charge in [-0.25, -0.2) is 9.97 Å². The summed E-state index contributed by atoms with van der Waals surface area (Å²) in [6, 6.07) is 0. The van der Waals surface area contributed by atoms with Crippen molar-refractivity contribution in [2.75, 3.05) is 0 Å². The summed E-state index contributed by atoms with van der Waals surface area (Å²) in [7, 11) is 0. The molecule has 1 aromatic heterocycles. The van der Waals surface area contributed by atoms with Gasteiger partial charge < -0.3 is 0 Å². The van der Waals surface area contributed by atoms with Crippen LogP contribution in [0, 0.1) is 0 Å². The third kappa shape index (κ3) is 1.02. The van der Waals surface area contributed by atoms with Crippen molar-refractivity contribution < 1.29 is 0 Å². The number of aliphatic imine (C=N–C) groups is 1. The summed E-state index contributed by atoms with van der Waals surface area (Å²) >= 11 is 0. The summed E-state index contributed by atoms with van der Waals surface area (Å²) in [5.74, 6) is 0. The molecule has 1 aliphatic heterocycles. The highest BCUT2D eigenvalue weighted by molar-refractivity contribution is 5.92. The maximum Gasteiger partial charge on any atom is 0.115 e. The Hall–Kier alpha value is -1.25. The summed E-state index contributed by atoms with van der Waals surface area (Å²) in [5, 5.41) is 0. The largest absolute Gasteiger partial charge is 0.254 e. The maximum atomic E-state index is 4.36. The van der Waals surface area contributed by atoms with Gasteiger partial charge in [-0.3, -0.25) is 4.99 Å². The average Bonchev–Trinajstić information content (AvgIpc) is 2.46. The van der Waals surface area contributed by atoms with Gasteiger partial charge in [0.25, 0.3) is 0 Å². The van der Waals surface area contributed by atoms with Crippen molar-refractivity contribution in [1.82, 2.24) is 9.97 Å². The van der Waals surface area contributed by atoms with Crippen LogP contribution in [0.1, 0.15) is 19.0 Å². The van der Waals surface area contributed by atoms with Crippen LogP contribution >= 0.6 is 0 Å². The van der Waals surface area contributed by atoms with Crippen molar-refractivity contribution >= 4 is 11.4 Å². The van der Waals surface area contributed by atoms with E-state index in [1.54, 1.807) is 12.5 Å². The third-order valence-electron chi connectivity index (χ3n) is 1.83. The molecular formula is C8H9N3. The van der Waals surface area contributed by atoms with Crippen molar-refractivity contribution in [3.8, 4) is 0 Å². The normalized spacial score (nSPS) is 14.5. The smallest absolute Gasteiger partial charge is 0.115 e. The highest BCUT2D eigenvalue weighted by Gasteiger charge is 2.13. The van der Waals surface area contributed by atoms with Gasteiger partial charge in [0.1, 0.15) is 12.0 Å². The molecule has 2 heterocycles. The van der Waals surface area contributed by atoms with Crippen molar-refractivity contribution in [2.45, 2.75) is 19.8 Å². The molecule has 1 aliphatic rings. The standard InChI is InChI=1S/C8H9N3/c1-2-6-3-7-8(11-6)4-9-5-10-7/h4-5H,2-3H2,1H3. The molecule has 0 aliphatic carbocycles. The zero-order chi connectivity index (χ0) is 7.68. The highest BCUT2D eigenvalue weighted by atomic mass is 14.9. The van der Waals surface area contributed by atoms with Crippen LogP contribution in [0.5, 0.6) is 0 Å². The van der Waals surface area contributed by atoms with E-state index in [-0.39, 0.29) is 0 Å². The van der Waals surface area contributed by atoms with E-state index in [9.17, 15) is 0 Å². The second kappa shape index (κ2) is 2.42. The predicted octanol–water partition coefficient (Wildman–Crippen LogP) is 1.52. The van der Waals surface area contributed by atoms with Crippen molar-refractivity contribution in [2.24, 2.45) is 4.99 Å². The molecule has 0 unspecified atom stereocenters. The lowest BCUT2D eigenvalue weighted by Crippen LogP contribution is -1.95. The van der Waals surface area contributed by atoms with Crippen molar-refractivity contribution in [1.29, 1.82) is 0 Å². The molecule has 56 valence electrons. The minimum atomic E-state index is 0.911. The Kier molecular flexibility index (Phi) is 1.42. The van der Waals surface area contributed by atoms with E-state index >= 15 is 0 Å². The van der Waals surface area contributed by atoms with Crippen LogP contribution < -0.4 is 0 Å². The predicted molar refractivity (Wildman–Crippen MR) is 43.1 cm³/mol. The van der Waals surface area contributed by atoms with E-state index in [1.807, 2.05) is 0 Å². The first kappa shape index (κ1) is 6.46. The molecular weight excluding hydrogens is 138 g/mol. The second-order valence-corrected chi connectivity index (χ2v) is 2.56. The van der Waals surface area contributed by atoms with Gasteiger partial charge in [-0.05, 0) is 6.42 Å². The number of rotatable bonds is 1. The quantitative estimate of drug-likeness (QED) is 0.604. The molecule has 0 N–H and O–H groups in total. The number of nitrogens with zero attached hydrogens (tertiary/aromatic N) is 3. The highest BCUT2D eigenvalue weighted by Crippen LogP contribution is 2.23. The summed E-state index contributed by atoms with van der Waals surface area (Å²) in [4.78, 5) is 12.4. The van der Waals surface area contributed by atoms with Gasteiger partial charge in [0, 0.05) is 12.1 Å². The van der Waals surface area contributed by atoms with Crippen LogP contribution in [0.4, 0.5) is 5.69 Å². The molecule has 0 radical (unpaired) electrons. The van der Waals surface area contributed by atoms with Gasteiger partial charge >= 0.3 is 0 Å². The molecule has 2 rings (SSSR count). The molecule has 11 heavy (non-hydrogen) atoms. The molecule has 0 bridgehead atoms. The molecule has 0 spiro atoms. The Morgan fingerprint density at radius 1 is 1.55 bits per heavy atom. The minimum absolute atomic E-state index is 0.911. The molecule has 3 heteroatoms. The monoisotopic (exact) mass is 147 g/mol. The third-order valence-corrected chi connectivity index (χ3v) is 1.83. The Morgan fingerprint density at radius 2 is 2.45 bits per heavy atom. The number of hydrogen-bond acceptors (Lipinski definition) is 3. The first-order chi connectivity index (χ1) is 5.40. The summed E-state index contributed by atoms with van der Waals surface area (Å²) in [6.45, 7) is 2.11. The average molecular weight is 147 g/mol. The van der Waals surface area contributed by atoms with E-state index in [0.29, 0.717) is 0 Å². The van der Waals surface area contributed by atoms with Gasteiger partial charge in [0.2, 0.25) is 0 Å². The van der Waals surface area contributed by atoms with Crippen molar-refractivity contribution in [3.05, 3.63) is 18.2 Å². The van der Waals surface area contributed by atoms with Gasteiger partial charge in [-0.1, -0.05) is 6.92 Å². The fourth-order valence-electron chi connectivity index (χ4n) is 1.18. The first-order valence-electron chi connectivity index (χ1n) is 3.75. The lowest BCUT2D eigenvalue weighted by atomic mass is 10.2. The van der Waals surface area contributed by atoms with Gasteiger partial charge in [-0.2, -0.15) is 0 Å². The Balaban J connectivity index is 2.39. The topological polar surface area (TPSA) is 38.1 Å². The Labute approximate surface area is 65.2 Å². The fourth-order valence-corrected chi connectivity index (χ4v) is 1.18. The van der Waals surface area contributed by atoms with Gasteiger partial charge in [-0.15, -0.1) is 0 Å². The van der Waals surface area contributed by atoms with Crippen LogP contribution in [-0.4, -0.2) is 15.7 Å². The van der Waals surface area contributed by atoms with Crippen molar-refractivity contribution in [3.63, 3.8) is 0 Å². The zero-order valence-corrected chi connectivity index (χ0v) is 6.41. The van der Waals surface area contributed by atoms with Crippen LogP contribution in [0.15, 0.2) is 17.5 Å². The van der Waals surface area contributed by atoms with E-state index < -0.39 is 0 Å². The molecule has 0 saturated heterocycles. The van der Waals surface area contributed by atoms with Crippen LogP contribution in [0.25, 0.3) is 0 Å². The Morgan fingerprint density at radius 3 is 3.18 bits per heavy atom. The van der Waals surface area contributed by atoms with Crippen LogP contribution in [0.2, 0.25) is 0 Å². The van der Waals surface area contributed by atoms with E-state index in [2.05, 4.69) is 21.9 Å². The summed E-state index contributed by atoms with van der Waals surface area (Å²) in [6.07, 6.45) is 5.27. The SMILES string of the molecule is CCC1=Nc2cncnc2C1. The molecule has 0 saturated carbocycles.